The van der Waals surface area contributed by atoms with Crippen LogP contribution < -0.4 is 5.56 Å². The van der Waals surface area contributed by atoms with E-state index in [4.69, 9.17) is 12.2 Å². The van der Waals surface area contributed by atoms with Crippen LogP contribution in [0.15, 0.2) is 15.5 Å². The van der Waals surface area contributed by atoms with E-state index in [0.717, 1.165) is 0 Å². The van der Waals surface area contributed by atoms with E-state index in [1.807, 2.05) is 0 Å². The molecule has 10 heavy (non-hydrogen) atoms. The second kappa shape index (κ2) is 2.67. The molecule has 0 aliphatic carbocycles. The molecule has 0 saturated heterocycles. The Balaban J connectivity index is 3.59. The highest BCUT2D eigenvalue weighted by atomic mass is 79.9. The van der Waals surface area contributed by atoms with Crippen LogP contribution in [0.5, 0.6) is 0 Å². The molecule has 1 aromatic rings. The van der Waals surface area contributed by atoms with Gasteiger partial charge in [0, 0.05) is 13.2 Å². The van der Waals surface area contributed by atoms with E-state index in [-0.39, 0.29) is 5.56 Å². The Morgan fingerprint density at radius 1 is 1.80 bits per heavy atom. The van der Waals surface area contributed by atoms with Gasteiger partial charge in [0.1, 0.15) is 0 Å². The summed E-state index contributed by atoms with van der Waals surface area (Å²) in [5.41, 5.74) is -0.192. The minimum atomic E-state index is -0.192. The smallest absolute Gasteiger partial charge is 0.265 e. The first kappa shape index (κ1) is 7.68. The van der Waals surface area contributed by atoms with Crippen molar-refractivity contribution in [1.29, 1.82) is 0 Å². The van der Waals surface area contributed by atoms with Gasteiger partial charge in [0.2, 0.25) is 0 Å². The van der Waals surface area contributed by atoms with Gasteiger partial charge < -0.3 is 4.57 Å². The van der Waals surface area contributed by atoms with E-state index in [1.165, 1.54) is 0 Å². The Morgan fingerprint density at radius 3 is 2.90 bits per heavy atom. The molecule has 54 valence electrons. The van der Waals surface area contributed by atoms with Crippen molar-refractivity contribution in [3.05, 3.63) is 25.8 Å². The van der Waals surface area contributed by atoms with Crippen LogP contribution in [0.1, 0.15) is 0 Å². The summed E-state index contributed by atoms with van der Waals surface area (Å²) in [5.74, 6) is 0. The lowest BCUT2D eigenvalue weighted by molar-refractivity contribution is 0.825. The first-order valence-electron chi connectivity index (χ1n) is 2.56. The van der Waals surface area contributed by atoms with Crippen molar-refractivity contribution in [3.63, 3.8) is 0 Å². The average molecular weight is 221 g/mol. The van der Waals surface area contributed by atoms with Gasteiger partial charge in [0.15, 0.2) is 4.77 Å². The Hall–Kier alpha value is -0.420. The lowest BCUT2D eigenvalue weighted by atomic mass is 10.6. The van der Waals surface area contributed by atoms with Crippen molar-refractivity contribution in [2.75, 3.05) is 0 Å². The molecule has 0 saturated carbocycles. The maximum Gasteiger partial charge on any atom is 0.265 e. The first-order chi connectivity index (χ1) is 4.61. The highest BCUT2D eigenvalue weighted by Crippen LogP contribution is 1.98. The predicted molar refractivity (Wildman–Crippen MR) is 44.6 cm³/mol. The third-order valence-corrected chi connectivity index (χ3v) is 2.02. The molecule has 0 unspecified atom stereocenters. The van der Waals surface area contributed by atoms with Gasteiger partial charge in [-0.1, -0.05) is 0 Å². The molecule has 5 heteroatoms. The molecule has 0 atom stereocenters. The number of nitrogens with zero attached hydrogens (tertiary/aromatic N) is 1. The Kier molecular flexibility index (Phi) is 2.05. The minimum absolute atomic E-state index is 0.192. The van der Waals surface area contributed by atoms with Crippen molar-refractivity contribution in [2.24, 2.45) is 7.05 Å². The highest BCUT2D eigenvalue weighted by molar-refractivity contribution is 9.10. The van der Waals surface area contributed by atoms with Crippen molar-refractivity contribution in [1.82, 2.24) is 9.55 Å². The Bertz CT molecular complexity index is 322. The van der Waals surface area contributed by atoms with Crippen molar-refractivity contribution >= 4 is 28.1 Å². The number of rotatable bonds is 0. The fourth-order valence-electron chi connectivity index (χ4n) is 0.532. The summed E-state index contributed by atoms with van der Waals surface area (Å²) >= 11 is 7.86. The third kappa shape index (κ3) is 1.35. The number of aromatic nitrogens is 2. The second-order valence-electron chi connectivity index (χ2n) is 1.85. The molecule has 0 aliphatic rings. The van der Waals surface area contributed by atoms with Crippen molar-refractivity contribution in [3.8, 4) is 0 Å². The van der Waals surface area contributed by atoms with E-state index in [0.29, 0.717) is 9.24 Å². The van der Waals surface area contributed by atoms with Crippen LogP contribution in [-0.2, 0) is 7.05 Å². The van der Waals surface area contributed by atoms with Crippen LogP contribution in [0.2, 0.25) is 0 Å². The molecule has 0 aliphatic heterocycles. The molecule has 0 amide bonds. The second-order valence-corrected chi connectivity index (χ2v) is 3.09. The maximum atomic E-state index is 10.8. The summed E-state index contributed by atoms with van der Waals surface area (Å²) < 4.78 is 2.57. The van der Waals surface area contributed by atoms with Crippen LogP contribution in [0.3, 0.4) is 0 Å². The van der Waals surface area contributed by atoms with E-state index in [2.05, 4.69) is 20.9 Å². The third-order valence-electron chi connectivity index (χ3n) is 1.06. The van der Waals surface area contributed by atoms with Gasteiger partial charge in [0.25, 0.3) is 5.56 Å². The fraction of sp³-hybridized carbons (Fsp3) is 0.200. The van der Waals surface area contributed by atoms with Crippen LogP contribution in [0.25, 0.3) is 0 Å². The zero-order valence-corrected chi connectivity index (χ0v) is 7.62. The van der Waals surface area contributed by atoms with Gasteiger partial charge in [-0.05, 0) is 28.1 Å². The summed E-state index contributed by atoms with van der Waals surface area (Å²) in [6.45, 7) is 0. The topological polar surface area (TPSA) is 37.8 Å². The molecule has 1 rings (SSSR count). The summed E-state index contributed by atoms with van der Waals surface area (Å²) in [6.07, 6.45) is 1.63. The van der Waals surface area contributed by atoms with Crippen LogP contribution in [0, 0.1) is 4.77 Å². The molecular formula is C5H5BrN2OS. The Morgan fingerprint density at radius 2 is 2.40 bits per heavy atom. The summed E-state index contributed by atoms with van der Waals surface area (Å²) in [5, 5.41) is 0. The Labute approximate surface area is 70.8 Å². The van der Waals surface area contributed by atoms with Gasteiger partial charge in [-0.3, -0.25) is 9.78 Å². The fourth-order valence-corrected chi connectivity index (χ4v) is 1.08. The number of aryl methyl sites for hydroxylation is 1. The number of hydrogen-bond donors (Lipinski definition) is 1. The normalized spacial score (nSPS) is 9.80. The predicted octanol–water partition coefficient (Wildman–Crippen LogP) is 1.21. The van der Waals surface area contributed by atoms with Gasteiger partial charge in [-0.15, -0.1) is 0 Å². The van der Waals surface area contributed by atoms with Crippen LogP contribution in [0.4, 0.5) is 0 Å². The number of H-pyrrole nitrogens is 1. The van der Waals surface area contributed by atoms with E-state index >= 15 is 0 Å². The molecule has 0 bridgehead atoms. The van der Waals surface area contributed by atoms with Gasteiger partial charge >= 0.3 is 0 Å². The standard InChI is InChI=1S/C5H5BrN2OS/c1-8-2-3(6)4(9)7-5(8)10/h2H,1H3,(H,7,9,10). The van der Waals surface area contributed by atoms with Crippen molar-refractivity contribution < 1.29 is 0 Å². The molecule has 0 fully saturated rings. The molecule has 3 nitrogen and oxygen atoms in total. The number of hydrogen-bond acceptors (Lipinski definition) is 2. The van der Waals surface area contributed by atoms with Gasteiger partial charge in [0.05, 0.1) is 4.47 Å². The summed E-state index contributed by atoms with van der Waals surface area (Å²) in [6, 6.07) is 0. The molecular weight excluding hydrogens is 216 g/mol. The quantitative estimate of drug-likeness (QED) is 0.668. The summed E-state index contributed by atoms with van der Waals surface area (Å²) in [4.78, 5) is 13.3. The van der Waals surface area contributed by atoms with E-state index < -0.39 is 0 Å². The van der Waals surface area contributed by atoms with E-state index in [1.54, 1.807) is 17.8 Å². The summed E-state index contributed by atoms with van der Waals surface area (Å²) in [7, 11) is 1.77. The molecule has 0 spiro atoms. The lowest BCUT2D eigenvalue weighted by Crippen LogP contribution is -2.11. The van der Waals surface area contributed by atoms with Gasteiger partial charge in [-0.25, -0.2) is 0 Å². The average Bonchev–Trinajstić information content (AvgIpc) is 1.84. The molecule has 1 aromatic heterocycles. The minimum Gasteiger partial charge on any atom is -0.327 e. The monoisotopic (exact) mass is 220 g/mol. The first-order valence-corrected chi connectivity index (χ1v) is 3.77. The molecule has 0 aromatic carbocycles. The zero-order valence-electron chi connectivity index (χ0n) is 5.22. The molecule has 0 radical (unpaired) electrons. The molecule has 1 heterocycles. The van der Waals surface area contributed by atoms with Crippen LogP contribution in [-0.4, -0.2) is 9.55 Å². The lowest BCUT2D eigenvalue weighted by Gasteiger charge is -1.96. The highest BCUT2D eigenvalue weighted by Gasteiger charge is 1.93. The zero-order chi connectivity index (χ0) is 7.72. The number of halogens is 1. The SMILES string of the molecule is Cn1cc(Br)c(=O)[nH]c1=S. The maximum absolute atomic E-state index is 10.8. The van der Waals surface area contributed by atoms with Crippen LogP contribution >= 0.6 is 28.1 Å². The number of aromatic amines is 1. The molecule has 1 N–H and O–H groups in total. The largest absolute Gasteiger partial charge is 0.327 e. The van der Waals surface area contributed by atoms with Gasteiger partial charge in [-0.2, -0.15) is 0 Å². The van der Waals surface area contributed by atoms with E-state index in [9.17, 15) is 4.79 Å². The number of nitrogens with one attached hydrogen (secondary N) is 1. The van der Waals surface area contributed by atoms with Crippen molar-refractivity contribution in [2.45, 2.75) is 0 Å².